The minimum Gasteiger partial charge on any atom is -0.466 e. The van der Waals surface area contributed by atoms with Crippen molar-refractivity contribution in [2.24, 2.45) is 0 Å². The van der Waals surface area contributed by atoms with Gasteiger partial charge in [0.15, 0.2) is 0 Å². The summed E-state index contributed by atoms with van der Waals surface area (Å²) in [7, 11) is 1.64. The molecule has 2 amide bonds. The molecule has 1 unspecified atom stereocenters. The maximum absolute atomic E-state index is 12.7. The second-order valence-electron chi connectivity index (χ2n) is 6.15. The molecule has 1 aliphatic rings. The number of hydrogen-bond donors (Lipinski definition) is 1. The number of carbonyl (C=O) groups excluding carboxylic acids is 2. The number of ether oxygens (including phenoxy) is 1. The van der Waals surface area contributed by atoms with Crippen molar-refractivity contribution in [2.75, 3.05) is 18.5 Å². The van der Waals surface area contributed by atoms with Crippen molar-refractivity contribution < 1.29 is 14.3 Å². The van der Waals surface area contributed by atoms with Crippen molar-refractivity contribution >= 4 is 29.1 Å². The summed E-state index contributed by atoms with van der Waals surface area (Å²) in [4.78, 5) is 26.8. The summed E-state index contributed by atoms with van der Waals surface area (Å²) >= 11 is 5.80. The van der Waals surface area contributed by atoms with E-state index in [2.05, 4.69) is 10.4 Å². The molecule has 1 aliphatic heterocycles. The van der Waals surface area contributed by atoms with E-state index in [0.29, 0.717) is 29.5 Å². The smallest absolute Gasteiger partial charge is 0.280 e. The number of nitrogens with zero attached hydrogens (tertiary/aromatic N) is 3. The summed E-state index contributed by atoms with van der Waals surface area (Å²) < 4.78 is 7.39. The summed E-state index contributed by atoms with van der Waals surface area (Å²) in [5.74, 6) is -0.400. The van der Waals surface area contributed by atoms with Gasteiger partial charge < -0.3 is 15.0 Å². The van der Waals surface area contributed by atoms with E-state index in [-0.39, 0.29) is 0 Å². The lowest BCUT2D eigenvalue weighted by Gasteiger charge is -2.38. The van der Waals surface area contributed by atoms with Gasteiger partial charge in [0.05, 0.1) is 23.5 Å². The lowest BCUT2D eigenvalue weighted by atomic mass is 10.00. The number of aromatic nitrogens is 2. The highest BCUT2D eigenvalue weighted by molar-refractivity contribution is 6.30. The van der Waals surface area contributed by atoms with Gasteiger partial charge in [-0.05, 0) is 31.5 Å². The Kier molecular flexibility index (Phi) is 4.43. The van der Waals surface area contributed by atoms with E-state index in [1.165, 1.54) is 18.0 Å². The number of hydrogen-bond acceptors (Lipinski definition) is 4. The van der Waals surface area contributed by atoms with Crippen LogP contribution in [0.3, 0.4) is 0 Å². The van der Waals surface area contributed by atoms with Gasteiger partial charge in [-0.15, -0.1) is 0 Å². The molecule has 0 saturated carbocycles. The first-order chi connectivity index (χ1) is 11.8. The maximum Gasteiger partial charge on any atom is 0.280 e. The molecule has 0 radical (unpaired) electrons. The van der Waals surface area contributed by atoms with Crippen molar-refractivity contribution in [3.05, 3.63) is 41.2 Å². The lowest BCUT2D eigenvalue weighted by molar-refractivity contribution is -0.148. The highest BCUT2D eigenvalue weighted by Crippen LogP contribution is 2.37. The van der Waals surface area contributed by atoms with E-state index in [1.54, 1.807) is 24.0 Å². The predicted molar refractivity (Wildman–Crippen MR) is 93.9 cm³/mol. The topological polar surface area (TPSA) is 76.5 Å². The number of aryl methyl sites for hydroxylation is 1. The minimum absolute atomic E-state index is 0.299. The Labute approximate surface area is 150 Å². The van der Waals surface area contributed by atoms with Crippen LogP contribution in [0.4, 0.5) is 5.69 Å². The highest BCUT2D eigenvalue weighted by atomic mass is 35.5. The molecule has 132 valence electrons. The first-order valence-corrected chi connectivity index (χ1v) is 8.23. The number of amides is 2. The molecule has 1 aromatic carbocycles. The first-order valence-electron chi connectivity index (χ1n) is 7.85. The van der Waals surface area contributed by atoms with Crippen LogP contribution >= 0.6 is 11.6 Å². The zero-order valence-electron chi connectivity index (χ0n) is 14.2. The molecular formula is C17H19ClN4O3. The van der Waals surface area contributed by atoms with Crippen LogP contribution in [0.15, 0.2) is 30.6 Å². The summed E-state index contributed by atoms with van der Waals surface area (Å²) in [6.07, 6.45) is 3.18. The molecule has 1 atom stereocenters. The Morgan fingerprint density at radius 2 is 2.20 bits per heavy atom. The van der Waals surface area contributed by atoms with Crippen LogP contribution in [0.25, 0.3) is 0 Å². The quantitative estimate of drug-likeness (QED) is 0.841. The summed E-state index contributed by atoms with van der Waals surface area (Å²) in [6.45, 7) is 4.15. The molecule has 0 aliphatic carbocycles. The monoisotopic (exact) mass is 362 g/mol. The Hall–Kier alpha value is -2.54. The van der Waals surface area contributed by atoms with Crippen LogP contribution in [0.1, 0.15) is 12.5 Å². The zero-order valence-corrected chi connectivity index (χ0v) is 15.0. The van der Waals surface area contributed by atoms with Crippen LogP contribution in [0.2, 0.25) is 5.02 Å². The standard InChI is InChI=1S/C17H19ClN4O3/c1-11-4-5-14-13(8-11)21(3)16(24)17(2,25-14)15(23)19-6-7-22-10-12(18)9-20-22/h4-5,8-10H,6-7H2,1-3H3,(H,19,23). The summed E-state index contributed by atoms with van der Waals surface area (Å²) in [5.41, 5.74) is 0.0491. The third-order valence-corrected chi connectivity index (χ3v) is 4.36. The summed E-state index contributed by atoms with van der Waals surface area (Å²) in [6, 6.07) is 5.50. The zero-order chi connectivity index (χ0) is 18.2. The molecule has 25 heavy (non-hydrogen) atoms. The molecule has 3 rings (SSSR count). The lowest BCUT2D eigenvalue weighted by Crippen LogP contribution is -2.61. The fourth-order valence-electron chi connectivity index (χ4n) is 2.73. The van der Waals surface area contributed by atoms with Crippen molar-refractivity contribution in [3.8, 4) is 5.75 Å². The molecule has 2 aromatic rings. The Bertz CT molecular complexity index is 835. The number of anilines is 1. The molecule has 7 nitrogen and oxygen atoms in total. The molecule has 2 heterocycles. The van der Waals surface area contributed by atoms with Crippen LogP contribution in [0, 0.1) is 6.92 Å². The molecule has 0 fully saturated rings. The third-order valence-electron chi connectivity index (χ3n) is 4.16. The Balaban J connectivity index is 1.72. The summed E-state index contributed by atoms with van der Waals surface area (Å²) in [5, 5.41) is 7.29. The van der Waals surface area contributed by atoms with Gasteiger partial charge in [-0.25, -0.2) is 0 Å². The Morgan fingerprint density at radius 1 is 1.44 bits per heavy atom. The fourth-order valence-corrected chi connectivity index (χ4v) is 2.88. The van der Waals surface area contributed by atoms with Crippen LogP contribution < -0.4 is 15.0 Å². The third kappa shape index (κ3) is 3.19. The molecule has 0 bridgehead atoms. The van der Waals surface area contributed by atoms with E-state index in [1.807, 2.05) is 19.1 Å². The number of fused-ring (bicyclic) bond motifs is 1. The van der Waals surface area contributed by atoms with Crippen molar-refractivity contribution in [2.45, 2.75) is 26.0 Å². The molecule has 8 heteroatoms. The van der Waals surface area contributed by atoms with E-state index in [9.17, 15) is 9.59 Å². The van der Waals surface area contributed by atoms with Gasteiger partial charge in [0, 0.05) is 19.8 Å². The highest BCUT2D eigenvalue weighted by Gasteiger charge is 2.49. The second-order valence-corrected chi connectivity index (χ2v) is 6.58. The van der Waals surface area contributed by atoms with E-state index in [0.717, 1.165) is 5.56 Å². The van der Waals surface area contributed by atoms with Crippen LogP contribution in [-0.2, 0) is 16.1 Å². The van der Waals surface area contributed by atoms with Crippen molar-refractivity contribution in [1.82, 2.24) is 15.1 Å². The van der Waals surface area contributed by atoms with E-state index in [4.69, 9.17) is 16.3 Å². The number of benzene rings is 1. The molecule has 1 aromatic heterocycles. The maximum atomic E-state index is 12.7. The first kappa shape index (κ1) is 17.3. The molecule has 0 spiro atoms. The van der Waals surface area contributed by atoms with E-state index >= 15 is 0 Å². The normalized spacial score (nSPS) is 19.4. The van der Waals surface area contributed by atoms with Gasteiger partial charge in [-0.3, -0.25) is 14.3 Å². The van der Waals surface area contributed by atoms with Crippen LogP contribution in [0.5, 0.6) is 5.75 Å². The average Bonchev–Trinajstić information content (AvgIpc) is 2.99. The molecule has 0 saturated heterocycles. The van der Waals surface area contributed by atoms with Gasteiger partial charge in [-0.2, -0.15) is 5.10 Å². The molecular weight excluding hydrogens is 344 g/mol. The van der Waals surface area contributed by atoms with Gasteiger partial charge in [0.25, 0.3) is 17.4 Å². The molecule has 1 N–H and O–H groups in total. The number of nitrogens with one attached hydrogen (secondary N) is 1. The van der Waals surface area contributed by atoms with Gasteiger partial charge in [0.2, 0.25) is 0 Å². The van der Waals surface area contributed by atoms with Crippen molar-refractivity contribution in [3.63, 3.8) is 0 Å². The SMILES string of the molecule is Cc1ccc2c(c1)N(C)C(=O)C(C)(C(=O)NCCn1cc(Cl)cn1)O2. The van der Waals surface area contributed by atoms with Gasteiger partial charge in [-0.1, -0.05) is 17.7 Å². The van der Waals surface area contributed by atoms with Gasteiger partial charge >= 0.3 is 0 Å². The fraction of sp³-hybridized carbons (Fsp3) is 0.353. The number of likely N-dealkylation sites (N-methyl/N-ethyl adjacent to an activating group) is 1. The van der Waals surface area contributed by atoms with Crippen LogP contribution in [-0.4, -0.2) is 40.8 Å². The predicted octanol–water partition coefficient (Wildman–Crippen LogP) is 1.78. The number of rotatable bonds is 4. The number of carbonyl (C=O) groups is 2. The average molecular weight is 363 g/mol. The van der Waals surface area contributed by atoms with E-state index < -0.39 is 17.4 Å². The number of halogens is 1. The van der Waals surface area contributed by atoms with Gasteiger partial charge in [0.1, 0.15) is 5.75 Å². The second kappa shape index (κ2) is 6.40. The van der Waals surface area contributed by atoms with Crippen molar-refractivity contribution in [1.29, 1.82) is 0 Å². The Morgan fingerprint density at radius 3 is 2.88 bits per heavy atom. The largest absolute Gasteiger partial charge is 0.466 e. The minimum atomic E-state index is -1.61.